The van der Waals surface area contributed by atoms with Gasteiger partial charge in [-0.25, -0.2) is 0 Å². The third kappa shape index (κ3) is 3.91. The molecular formula is C14H19ClO3. The number of carboxylic acid groups (broad SMARTS) is 1. The zero-order valence-corrected chi connectivity index (χ0v) is 11.9. The maximum atomic E-state index is 11.1. The van der Waals surface area contributed by atoms with Gasteiger partial charge in [-0.05, 0) is 51.8 Å². The lowest BCUT2D eigenvalue weighted by Gasteiger charge is -2.19. The number of rotatable bonds is 5. The number of halogens is 1. The van der Waals surface area contributed by atoms with Crippen molar-refractivity contribution in [3.05, 3.63) is 28.8 Å². The number of hydrogen-bond acceptors (Lipinski definition) is 2. The quantitative estimate of drug-likeness (QED) is 0.886. The van der Waals surface area contributed by atoms with Gasteiger partial charge >= 0.3 is 5.97 Å². The van der Waals surface area contributed by atoms with E-state index < -0.39 is 11.4 Å². The van der Waals surface area contributed by atoms with Crippen molar-refractivity contribution in [1.82, 2.24) is 0 Å². The summed E-state index contributed by atoms with van der Waals surface area (Å²) >= 11 is 6.11. The lowest BCUT2D eigenvalue weighted by Crippen LogP contribution is -2.26. The number of hydrogen-bond donors (Lipinski definition) is 1. The van der Waals surface area contributed by atoms with E-state index in [9.17, 15) is 4.79 Å². The minimum atomic E-state index is -0.818. The highest BCUT2D eigenvalue weighted by Crippen LogP contribution is 2.29. The number of carboxylic acids is 1. The van der Waals surface area contributed by atoms with Gasteiger partial charge in [-0.1, -0.05) is 17.7 Å². The van der Waals surface area contributed by atoms with Crippen LogP contribution < -0.4 is 4.74 Å². The average molecular weight is 271 g/mol. The van der Waals surface area contributed by atoms with Crippen molar-refractivity contribution < 1.29 is 14.6 Å². The third-order valence-electron chi connectivity index (χ3n) is 2.58. The van der Waals surface area contributed by atoms with Gasteiger partial charge in [0.2, 0.25) is 0 Å². The molecule has 3 nitrogen and oxygen atoms in total. The average Bonchev–Trinajstić information content (AvgIpc) is 2.21. The molecule has 0 unspecified atom stereocenters. The SMILES string of the molecule is CC(C)Oc1ccc(CC(C)(C)C(=O)O)cc1Cl. The van der Waals surface area contributed by atoms with Crippen LogP contribution in [0.5, 0.6) is 5.75 Å². The van der Waals surface area contributed by atoms with Crippen molar-refractivity contribution in [2.24, 2.45) is 5.41 Å². The summed E-state index contributed by atoms with van der Waals surface area (Å²) in [5.41, 5.74) is 0.0903. The Labute approximate surface area is 113 Å². The molecule has 0 aliphatic carbocycles. The molecule has 0 saturated carbocycles. The molecule has 0 aliphatic rings. The normalized spacial score (nSPS) is 11.7. The largest absolute Gasteiger partial charge is 0.489 e. The van der Waals surface area contributed by atoms with E-state index >= 15 is 0 Å². The van der Waals surface area contributed by atoms with Crippen molar-refractivity contribution in [1.29, 1.82) is 0 Å². The van der Waals surface area contributed by atoms with Gasteiger partial charge < -0.3 is 9.84 Å². The monoisotopic (exact) mass is 270 g/mol. The van der Waals surface area contributed by atoms with E-state index in [1.807, 2.05) is 19.9 Å². The zero-order valence-electron chi connectivity index (χ0n) is 11.2. The first kappa shape index (κ1) is 14.8. The maximum absolute atomic E-state index is 11.1. The van der Waals surface area contributed by atoms with E-state index in [1.54, 1.807) is 26.0 Å². The number of benzene rings is 1. The van der Waals surface area contributed by atoms with Crippen molar-refractivity contribution >= 4 is 17.6 Å². The first-order valence-corrected chi connectivity index (χ1v) is 6.28. The standard InChI is InChI=1S/C14H19ClO3/c1-9(2)18-12-6-5-10(7-11(12)15)8-14(3,4)13(16)17/h5-7,9H,8H2,1-4H3,(H,16,17). The van der Waals surface area contributed by atoms with Crippen LogP contribution in [-0.2, 0) is 11.2 Å². The van der Waals surface area contributed by atoms with E-state index in [0.717, 1.165) is 5.56 Å². The van der Waals surface area contributed by atoms with E-state index in [-0.39, 0.29) is 6.10 Å². The molecule has 100 valence electrons. The van der Waals surface area contributed by atoms with Gasteiger partial charge in [0.1, 0.15) is 5.75 Å². The maximum Gasteiger partial charge on any atom is 0.309 e. The molecule has 4 heteroatoms. The Morgan fingerprint density at radius 1 is 1.44 bits per heavy atom. The molecule has 0 aromatic heterocycles. The van der Waals surface area contributed by atoms with Crippen LogP contribution in [0.25, 0.3) is 0 Å². The Balaban J connectivity index is 2.88. The summed E-state index contributed by atoms with van der Waals surface area (Å²) in [4.78, 5) is 11.1. The molecule has 1 rings (SSSR count). The predicted molar refractivity (Wildman–Crippen MR) is 72.3 cm³/mol. The van der Waals surface area contributed by atoms with Gasteiger partial charge in [-0.2, -0.15) is 0 Å². The fraction of sp³-hybridized carbons (Fsp3) is 0.500. The van der Waals surface area contributed by atoms with Gasteiger partial charge in [0.05, 0.1) is 16.5 Å². The molecule has 1 aromatic carbocycles. The first-order chi connectivity index (χ1) is 8.22. The lowest BCUT2D eigenvalue weighted by atomic mass is 9.86. The number of aliphatic carboxylic acids is 1. The second-order valence-electron chi connectivity index (χ2n) is 5.30. The van der Waals surface area contributed by atoms with E-state index in [4.69, 9.17) is 21.4 Å². The minimum Gasteiger partial charge on any atom is -0.489 e. The fourth-order valence-electron chi connectivity index (χ4n) is 1.59. The smallest absolute Gasteiger partial charge is 0.309 e. The summed E-state index contributed by atoms with van der Waals surface area (Å²) in [6.07, 6.45) is 0.494. The highest BCUT2D eigenvalue weighted by Gasteiger charge is 2.27. The van der Waals surface area contributed by atoms with Crippen LogP contribution >= 0.6 is 11.6 Å². The summed E-state index contributed by atoms with van der Waals surface area (Å²) in [5.74, 6) is -0.190. The van der Waals surface area contributed by atoms with Gasteiger partial charge in [0.25, 0.3) is 0 Å². The summed E-state index contributed by atoms with van der Waals surface area (Å²) in [7, 11) is 0. The lowest BCUT2D eigenvalue weighted by molar-refractivity contribution is -0.146. The van der Waals surface area contributed by atoms with Gasteiger partial charge in [0.15, 0.2) is 0 Å². The molecule has 0 fully saturated rings. The fourth-order valence-corrected chi connectivity index (χ4v) is 1.84. The molecule has 0 aliphatic heterocycles. The minimum absolute atomic E-state index is 0.0591. The third-order valence-corrected chi connectivity index (χ3v) is 2.88. The molecule has 0 spiro atoms. The van der Waals surface area contributed by atoms with E-state index in [0.29, 0.717) is 17.2 Å². The molecule has 1 N–H and O–H groups in total. The van der Waals surface area contributed by atoms with Crippen LogP contribution in [0.1, 0.15) is 33.3 Å². The molecule has 0 bridgehead atoms. The van der Waals surface area contributed by atoms with Crippen LogP contribution in [0.15, 0.2) is 18.2 Å². The van der Waals surface area contributed by atoms with Crippen molar-refractivity contribution in [3.8, 4) is 5.75 Å². The highest BCUT2D eigenvalue weighted by molar-refractivity contribution is 6.32. The summed E-state index contributed by atoms with van der Waals surface area (Å²) in [6.45, 7) is 7.25. The zero-order chi connectivity index (χ0) is 13.9. The number of carbonyl (C=O) groups is 1. The van der Waals surface area contributed by atoms with Gasteiger partial charge in [0, 0.05) is 0 Å². The summed E-state index contributed by atoms with van der Waals surface area (Å²) in [6, 6.07) is 5.41. The Bertz CT molecular complexity index is 439. The van der Waals surface area contributed by atoms with Gasteiger partial charge in [-0.3, -0.25) is 4.79 Å². The second-order valence-corrected chi connectivity index (χ2v) is 5.70. The molecular weight excluding hydrogens is 252 g/mol. The Kier molecular flexibility index (Phi) is 4.63. The van der Waals surface area contributed by atoms with Crippen molar-refractivity contribution in [3.63, 3.8) is 0 Å². The van der Waals surface area contributed by atoms with E-state index in [2.05, 4.69) is 0 Å². The Hall–Kier alpha value is -1.22. The number of ether oxygens (including phenoxy) is 1. The first-order valence-electron chi connectivity index (χ1n) is 5.91. The van der Waals surface area contributed by atoms with Crippen molar-refractivity contribution in [2.75, 3.05) is 0 Å². The summed E-state index contributed by atoms with van der Waals surface area (Å²) in [5, 5.41) is 9.60. The summed E-state index contributed by atoms with van der Waals surface area (Å²) < 4.78 is 5.53. The predicted octanol–water partition coefficient (Wildman–Crippen LogP) is 3.78. The molecule has 0 radical (unpaired) electrons. The topological polar surface area (TPSA) is 46.5 Å². The van der Waals surface area contributed by atoms with Crippen LogP contribution in [-0.4, -0.2) is 17.2 Å². The highest BCUT2D eigenvalue weighted by atomic mass is 35.5. The van der Waals surface area contributed by atoms with Crippen molar-refractivity contribution in [2.45, 2.75) is 40.2 Å². The second kappa shape index (κ2) is 5.61. The Morgan fingerprint density at radius 2 is 2.06 bits per heavy atom. The molecule has 0 saturated heterocycles. The van der Waals surface area contributed by atoms with Crippen LogP contribution in [0.4, 0.5) is 0 Å². The van der Waals surface area contributed by atoms with E-state index in [1.165, 1.54) is 0 Å². The van der Waals surface area contributed by atoms with Crippen LogP contribution in [0.2, 0.25) is 5.02 Å². The van der Waals surface area contributed by atoms with Gasteiger partial charge in [-0.15, -0.1) is 0 Å². The molecule has 18 heavy (non-hydrogen) atoms. The Morgan fingerprint density at radius 3 is 2.50 bits per heavy atom. The van der Waals surface area contributed by atoms with Crippen LogP contribution in [0, 0.1) is 5.41 Å². The molecule has 1 aromatic rings. The molecule has 0 amide bonds. The molecule has 0 heterocycles. The molecule has 0 atom stereocenters. The van der Waals surface area contributed by atoms with Crippen LogP contribution in [0.3, 0.4) is 0 Å².